The Labute approximate surface area is 65.4 Å². The van der Waals surface area contributed by atoms with Crippen LogP contribution in [0.4, 0.5) is 0 Å². The lowest BCUT2D eigenvalue weighted by molar-refractivity contribution is -1.91. The molecule has 0 aliphatic heterocycles. The molecule has 0 amide bonds. The third-order valence-corrected chi connectivity index (χ3v) is 1.29. The molecule has 0 radical (unpaired) electrons. The Balaban J connectivity index is 2.66. The van der Waals surface area contributed by atoms with Crippen LogP contribution in [-0.4, -0.2) is 0 Å². The van der Waals surface area contributed by atoms with Gasteiger partial charge in [-0.05, 0) is 12.1 Å². The maximum Gasteiger partial charge on any atom is 0.288 e. The zero-order valence-electron chi connectivity index (χ0n) is 5.40. The first-order valence-electron chi connectivity index (χ1n) is 2.73. The number of para-hydroxylation sites is 1. The van der Waals surface area contributed by atoms with E-state index in [9.17, 15) is 14.0 Å². The minimum absolute atomic E-state index is 0.0177. The van der Waals surface area contributed by atoms with Gasteiger partial charge in [-0.15, -0.1) is 0 Å². The molecule has 0 N–H and O–H groups in total. The van der Waals surface area contributed by atoms with Crippen LogP contribution >= 0.6 is 0 Å². The maximum atomic E-state index is 10.00. The molecule has 0 aromatic heterocycles. The van der Waals surface area contributed by atoms with E-state index in [1.165, 1.54) is 12.1 Å². The van der Waals surface area contributed by atoms with E-state index in [2.05, 4.69) is 4.29 Å². The highest BCUT2D eigenvalue weighted by atomic mass is 35.7. The van der Waals surface area contributed by atoms with Gasteiger partial charge in [-0.1, -0.05) is 22.5 Å². The predicted molar refractivity (Wildman–Crippen MR) is 27.1 cm³/mol. The van der Waals surface area contributed by atoms with E-state index < -0.39 is 10.2 Å². The summed E-state index contributed by atoms with van der Waals surface area (Å²) in [6, 6.07) is 7.57. The first kappa shape index (κ1) is 8.29. The lowest BCUT2D eigenvalue weighted by atomic mass is 10.3. The van der Waals surface area contributed by atoms with Crippen molar-refractivity contribution in [2.24, 2.45) is 0 Å². The van der Waals surface area contributed by atoms with Crippen LogP contribution in [-0.2, 0) is 0 Å². The van der Waals surface area contributed by atoms with Crippen molar-refractivity contribution in [3.8, 4) is 5.75 Å². The van der Waals surface area contributed by atoms with Crippen molar-refractivity contribution in [1.29, 1.82) is 0 Å². The molecule has 0 aliphatic carbocycles. The second kappa shape index (κ2) is 3.06. The van der Waals surface area contributed by atoms with Crippen molar-refractivity contribution in [2.75, 3.05) is 0 Å². The molecule has 0 fully saturated rings. The Hall–Kier alpha value is -0.810. The summed E-state index contributed by atoms with van der Waals surface area (Å²) < 4.78 is 34.0. The van der Waals surface area contributed by atoms with E-state index >= 15 is 0 Å². The Bertz CT molecular complexity index is 218. The van der Waals surface area contributed by atoms with Crippen molar-refractivity contribution in [3.63, 3.8) is 0 Å². The molecule has 0 aliphatic rings. The summed E-state index contributed by atoms with van der Waals surface area (Å²) in [4.78, 5) is 0. The van der Waals surface area contributed by atoms with Crippen LogP contribution in [0.5, 0.6) is 5.75 Å². The molecule has 0 saturated heterocycles. The predicted octanol–water partition coefficient (Wildman–Crippen LogP) is -2.04. The van der Waals surface area contributed by atoms with Crippen molar-refractivity contribution in [3.05, 3.63) is 30.3 Å². The van der Waals surface area contributed by atoms with Gasteiger partial charge in [0.05, 0.1) is 0 Å². The molecule has 5 heteroatoms. The van der Waals surface area contributed by atoms with E-state index in [4.69, 9.17) is 0 Å². The smallest absolute Gasteiger partial charge is 0.167 e. The largest absolute Gasteiger partial charge is 0.288 e. The van der Waals surface area contributed by atoms with Gasteiger partial charge in [-0.25, -0.2) is 0 Å². The molecule has 0 unspecified atom stereocenters. The average Bonchev–Trinajstić information content (AvgIpc) is 1.85. The van der Waals surface area contributed by atoms with E-state index in [-0.39, 0.29) is 5.75 Å². The van der Waals surface area contributed by atoms with Crippen LogP contribution in [0.1, 0.15) is 0 Å². The molecule has 1 aromatic rings. The molecule has 60 valence electrons. The van der Waals surface area contributed by atoms with Gasteiger partial charge in [0.2, 0.25) is 0 Å². The molecule has 4 nitrogen and oxygen atoms in total. The normalized spacial score (nSPS) is 11.2. The van der Waals surface area contributed by atoms with Gasteiger partial charge in [-0.3, -0.25) is 0 Å². The van der Waals surface area contributed by atoms with Crippen LogP contribution in [0, 0.1) is 10.2 Å². The summed E-state index contributed by atoms with van der Waals surface area (Å²) in [5, 5.41) is 0. The summed E-state index contributed by atoms with van der Waals surface area (Å²) in [6.45, 7) is 0. The molecule has 11 heavy (non-hydrogen) atoms. The van der Waals surface area contributed by atoms with E-state index in [0.29, 0.717) is 0 Å². The topological polar surface area (TPSA) is 78.4 Å². The van der Waals surface area contributed by atoms with Crippen molar-refractivity contribution >= 4 is 0 Å². The molecule has 0 saturated carbocycles. The van der Waals surface area contributed by atoms with E-state index in [1.807, 2.05) is 0 Å². The van der Waals surface area contributed by atoms with Crippen molar-refractivity contribution in [1.82, 2.24) is 0 Å². The number of halogens is 1. The fraction of sp³-hybridized carbons (Fsp3) is 0. The van der Waals surface area contributed by atoms with Crippen LogP contribution in [0.25, 0.3) is 0 Å². The van der Waals surface area contributed by atoms with Crippen LogP contribution in [0.15, 0.2) is 30.3 Å². The number of hydrogen-bond donors (Lipinski definition) is 0. The third kappa shape index (κ3) is 3.20. The second-order valence-electron chi connectivity index (χ2n) is 1.77. The third-order valence-electron chi connectivity index (χ3n) is 0.927. The molecule has 1 rings (SSSR count). The SMILES string of the molecule is [O-][Cl+3]([O-])([O-])Oc1ccccc1. The minimum Gasteiger partial charge on any atom is -0.167 e. The van der Waals surface area contributed by atoms with Gasteiger partial charge in [0, 0.05) is 0 Å². The Kier molecular flexibility index (Phi) is 2.31. The van der Waals surface area contributed by atoms with Crippen molar-refractivity contribution < 1.29 is 28.5 Å². The lowest BCUT2D eigenvalue weighted by Crippen LogP contribution is -2.63. The summed E-state index contributed by atoms with van der Waals surface area (Å²) in [5.41, 5.74) is 0. The van der Waals surface area contributed by atoms with Gasteiger partial charge in [-0.2, -0.15) is 14.0 Å². The Morgan fingerprint density at radius 1 is 1.00 bits per heavy atom. The van der Waals surface area contributed by atoms with Gasteiger partial charge in [0.25, 0.3) is 5.75 Å². The summed E-state index contributed by atoms with van der Waals surface area (Å²) in [6.07, 6.45) is 0. The summed E-state index contributed by atoms with van der Waals surface area (Å²) in [7, 11) is -4.37. The maximum absolute atomic E-state index is 10.00. The molecule has 1 aromatic carbocycles. The highest BCUT2D eigenvalue weighted by Gasteiger charge is 2.17. The fourth-order valence-electron chi connectivity index (χ4n) is 0.581. The molecule has 0 atom stereocenters. The molecule has 0 heterocycles. The minimum atomic E-state index is -4.37. The van der Waals surface area contributed by atoms with Crippen LogP contribution < -0.4 is 18.3 Å². The van der Waals surface area contributed by atoms with E-state index in [1.54, 1.807) is 18.2 Å². The number of hydrogen-bond acceptors (Lipinski definition) is 4. The standard InChI is InChI=1S/C6H5ClO4/c8-7(9,10)11-6-4-2-1-3-5-6/h1-5H. The van der Waals surface area contributed by atoms with Gasteiger partial charge in [0.15, 0.2) is 0 Å². The monoisotopic (exact) mass is 176 g/mol. The Morgan fingerprint density at radius 2 is 1.55 bits per heavy atom. The zero-order chi connectivity index (χ0) is 8.32. The van der Waals surface area contributed by atoms with E-state index in [0.717, 1.165) is 0 Å². The van der Waals surface area contributed by atoms with Crippen LogP contribution in [0.3, 0.4) is 0 Å². The Morgan fingerprint density at radius 3 is 2.00 bits per heavy atom. The molecular formula is C6H5ClO4. The molecule has 0 bridgehead atoms. The van der Waals surface area contributed by atoms with Gasteiger partial charge < -0.3 is 0 Å². The number of benzene rings is 1. The summed E-state index contributed by atoms with van der Waals surface area (Å²) in [5.74, 6) is 0.0177. The fourth-order valence-corrected chi connectivity index (χ4v) is 0.902. The van der Waals surface area contributed by atoms with Gasteiger partial charge in [0.1, 0.15) is 10.2 Å². The quantitative estimate of drug-likeness (QED) is 0.520. The second-order valence-corrected chi connectivity index (χ2v) is 2.68. The molecule has 0 spiro atoms. The zero-order valence-corrected chi connectivity index (χ0v) is 6.15. The number of rotatable bonds is 2. The highest BCUT2D eigenvalue weighted by Crippen LogP contribution is 2.10. The highest BCUT2D eigenvalue weighted by molar-refractivity contribution is 5.19. The molecular weight excluding hydrogens is 172 g/mol. The summed E-state index contributed by atoms with van der Waals surface area (Å²) >= 11 is 0. The average molecular weight is 177 g/mol. The first-order valence-corrected chi connectivity index (χ1v) is 3.97. The van der Waals surface area contributed by atoms with Crippen LogP contribution in [0.2, 0.25) is 0 Å². The lowest BCUT2D eigenvalue weighted by Gasteiger charge is -2.11. The van der Waals surface area contributed by atoms with Gasteiger partial charge >= 0.3 is 0 Å². The van der Waals surface area contributed by atoms with Crippen molar-refractivity contribution in [2.45, 2.75) is 0 Å². The first-order chi connectivity index (χ1) is 5.08.